The molecule has 2 heterocycles. The van der Waals surface area contributed by atoms with Crippen molar-refractivity contribution in [1.82, 2.24) is 9.88 Å². The molecule has 23 heavy (non-hydrogen) atoms. The van der Waals surface area contributed by atoms with Gasteiger partial charge in [0.25, 0.3) is 0 Å². The zero-order chi connectivity index (χ0) is 16.1. The van der Waals surface area contributed by atoms with Crippen LogP contribution < -0.4 is 0 Å². The van der Waals surface area contributed by atoms with Gasteiger partial charge in [-0.25, -0.2) is 0 Å². The standard InChI is InChI=1S/C19H26N2O2/c1-15-5-6-19-17(4-3-9-20-19)18(15)14-21-10-7-16(8-11-21)23-13-12-22-2/h3-6,9,16H,7-8,10-14H2,1-2H3. The third-order valence-electron chi connectivity index (χ3n) is 4.69. The number of methoxy groups -OCH3 is 1. The average molecular weight is 314 g/mol. The summed E-state index contributed by atoms with van der Waals surface area (Å²) in [4.78, 5) is 7.01. The van der Waals surface area contributed by atoms with Crippen LogP contribution >= 0.6 is 0 Å². The summed E-state index contributed by atoms with van der Waals surface area (Å²) in [5.74, 6) is 0. The van der Waals surface area contributed by atoms with Crippen LogP contribution in [0.2, 0.25) is 0 Å². The highest BCUT2D eigenvalue weighted by Crippen LogP contribution is 2.24. The Kier molecular flexibility index (Phi) is 5.60. The molecule has 1 fully saturated rings. The van der Waals surface area contributed by atoms with E-state index in [-0.39, 0.29) is 0 Å². The minimum absolute atomic E-state index is 0.386. The van der Waals surface area contributed by atoms with Crippen LogP contribution in [0.3, 0.4) is 0 Å². The van der Waals surface area contributed by atoms with Gasteiger partial charge in [0.15, 0.2) is 0 Å². The predicted molar refractivity (Wildman–Crippen MR) is 92.6 cm³/mol. The van der Waals surface area contributed by atoms with Gasteiger partial charge in [0.05, 0.1) is 24.8 Å². The van der Waals surface area contributed by atoms with E-state index in [1.54, 1.807) is 7.11 Å². The van der Waals surface area contributed by atoms with Gasteiger partial charge < -0.3 is 9.47 Å². The lowest BCUT2D eigenvalue weighted by molar-refractivity contribution is -0.0157. The molecule has 124 valence electrons. The van der Waals surface area contributed by atoms with E-state index in [2.05, 4.69) is 35.0 Å². The highest BCUT2D eigenvalue weighted by Gasteiger charge is 2.20. The molecule has 1 saturated heterocycles. The highest BCUT2D eigenvalue weighted by molar-refractivity contribution is 5.83. The van der Waals surface area contributed by atoms with Gasteiger partial charge in [0.2, 0.25) is 0 Å². The minimum Gasteiger partial charge on any atom is -0.382 e. The molecule has 1 aromatic heterocycles. The second kappa shape index (κ2) is 7.86. The third-order valence-corrected chi connectivity index (χ3v) is 4.69. The van der Waals surface area contributed by atoms with E-state index in [4.69, 9.17) is 9.47 Å². The maximum absolute atomic E-state index is 5.85. The molecule has 0 bridgehead atoms. The molecule has 0 aliphatic carbocycles. The van der Waals surface area contributed by atoms with Crippen LogP contribution in [0.5, 0.6) is 0 Å². The number of likely N-dealkylation sites (tertiary alicyclic amines) is 1. The first-order valence-corrected chi connectivity index (χ1v) is 8.44. The van der Waals surface area contributed by atoms with Gasteiger partial charge in [0.1, 0.15) is 0 Å². The van der Waals surface area contributed by atoms with E-state index in [0.717, 1.165) is 38.0 Å². The molecule has 4 heteroatoms. The van der Waals surface area contributed by atoms with Crippen molar-refractivity contribution in [2.45, 2.75) is 32.4 Å². The van der Waals surface area contributed by atoms with E-state index >= 15 is 0 Å². The number of nitrogens with zero attached hydrogens (tertiary/aromatic N) is 2. The topological polar surface area (TPSA) is 34.6 Å². The number of rotatable bonds is 6. The number of hydrogen-bond acceptors (Lipinski definition) is 4. The van der Waals surface area contributed by atoms with Gasteiger partial charge in [0, 0.05) is 38.3 Å². The van der Waals surface area contributed by atoms with E-state index in [0.29, 0.717) is 19.3 Å². The Labute approximate surface area is 138 Å². The maximum atomic E-state index is 5.85. The first-order valence-electron chi connectivity index (χ1n) is 8.44. The number of aromatic nitrogens is 1. The molecule has 0 spiro atoms. The van der Waals surface area contributed by atoms with Crippen LogP contribution in [0.1, 0.15) is 24.0 Å². The van der Waals surface area contributed by atoms with Gasteiger partial charge in [-0.3, -0.25) is 9.88 Å². The van der Waals surface area contributed by atoms with E-state index in [9.17, 15) is 0 Å². The Morgan fingerprint density at radius 1 is 1.17 bits per heavy atom. The number of ether oxygens (including phenoxy) is 2. The minimum atomic E-state index is 0.386. The van der Waals surface area contributed by atoms with Gasteiger partial charge >= 0.3 is 0 Å². The number of pyridine rings is 1. The van der Waals surface area contributed by atoms with Crippen molar-refractivity contribution in [3.8, 4) is 0 Å². The average Bonchev–Trinajstić information content (AvgIpc) is 2.59. The molecule has 0 saturated carbocycles. The Balaban J connectivity index is 1.62. The van der Waals surface area contributed by atoms with Crippen LogP contribution in [0.15, 0.2) is 30.5 Å². The molecule has 0 radical (unpaired) electrons. The van der Waals surface area contributed by atoms with Crippen molar-refractivity contribution in [3.63, 3.8) is 0 Å². The summed E-state index contributed by atoms with van der Waals surface area (Å²) in [5, 5.41) is 1.28. The van der Waals surface area contributed by atoms with Crippen molar-refractivity contribution < 1.29 is 9.47 Å². The van der Waals surface area contributed by atoms with Gasteiger partial charge in [-0.15, -0.1) is 0 Å². The fraction of sp³-hybridized carbons (Fsp3) is 0.526. The summed E-state index contributed by atoms with van der Waals surface area (Å²) >= 11 is 0. The summed E-state index contributed by atoms with van der Waals surface area (Å²) in [6.45, 7) is 6.77. The fourth-order valence-electron chi connectivity index (χ4n) is 3.29. The van der Waals surface area contributed by atoms with Crippen molar-refractivity contribution in [2.75, 3.05) is 33.4 Å². The van der Waals surface area contributed by atoms with Crippen LogP contribution in [0, 0.1) is 6.92 Å². The molecule has 0 amide bonds. The van der Waals surface area contributed by atoms with Crippen LogP contribution in [-0.2, 0) is 16.0 Å². The Morgan fingerprint density at radius 3 is 2.78 bits per heavy atom. The summed E-state index contributed by atoms with van der Waals surface area (Å²) < 4.78 is 10.9. The number of aryl methyl sites for hydroxylation is 1. The van der Waals surface area contributed by atoms with Gasteiger partial charge in [-0.1, -0.05) is 12.1 Å². The van der Waals surface area contributed by atoms with Crippen molar-refractivity contribution in [2.24, 2.45) is 0 Å². The van der Waals surface area contributed by atoms with Crippen LogP contribution in [-0.4, -0.2) is 49.4 Å². The molecular formula is C19H26N2O2. The van der Waals surface area contributed by atoms with Gasteiger partial charge in [-0.05, 0) is 43.0 Å². The first-order chi connectivity index (χ1) is 11.3. The Hall–Kier alpha value is -1.49. The highest BCUT2D eigenvalue weighted by atomic mass is 16.5. The van der Waals surface area contributed by atoms with Crippen molar-refractivity contribution in [1.29, 1.82) is 0 Å². The predicted octanol–water partition coefficient (Wildman–Crippen LogP) is 3.17. The monoisotopic (exact) mass is 314 g/mol. The lowest BCUT2D eigenvalue weighted by Crippen LogP contribution is -2.37. The molecule has 1 aliphatic rings. The summed E-state index contributed by atoms with van der Waals surface area (Å²) in [7, 11) is 1.72. The molecule has 3 rings (SSSR count). The second-order valence-electron chi connectivity index (χ2n) is 6.27. The zero-order valence-corrected chi connectivity index (χ0v) is 14.1. The molecular weight excluding hydrogens is 288 g/mol. The number of benzene rings is 1. The molecule has 1 aromatic carbocycles. The molecule has 0 unspecified atom stereocenters. The Morgan fingerprint density at radius 2 is 2.00 bits per heavy atom. The smallest absolute Gasteiger partial charge is 0.0705 e. The molecule has 4 nitrogen and oxygen atoms in total. The molecule has 0 N–H and O–H groups in total. The number of piperidine rings is 1. The molecule has 2 aromatic rings. The maximum Gasteiger partial charge on any atom is 0.0705 e. The van der Waals surface area contributed by atoms with Gasteiger partial charge in [-0.2, -0.15) is 0 Å². The first kappa shape index (κ1) is 16.4. The summed E-state index contributed by atoms with van der Waals surface area (Å²) in [5.41, 5.74) is 3.85. The third kappa shape index (κ3) is 4.08. The zero-order valence-electron chi connectivity index (χ0n) is 14.1. The quantitative estimate of drug-likeness (QED) is 0.767. The Bertz CT molecular complexity index is 636. The van der Waals surface area contributed by atoms with Crippen LogP contribution in [0.4, 0.5) is 0 Å². The van der Waals surface area contributed by atoms with E-state index in [1.807, 2.05) is 12.3 Å². The largest absolute Gasteiger partial charge is 0.382 e. The number of fused-ring (bicyclic) bond motifs is 1. The lowest BCUT2D eigenvalue weighted by atomic mass is 10.0. The van der Waals surface area contributed by atoms with Crippen molar-refractivity contribution >= 4 is 10.9 Å². The normalized spacial score (nSPS) is 17.0. The summed E-state index contributed by atoms with van der Waals surface area (Å²) in [6, 6.07) is 8.52. The molecule has 1 aliphatic heterocycles. The SMILES string of the molecule is COCCOC1CCN(Cc2c(C)ccc3ncccc23)CC1. The fourth-order valence-corrected chi connectivity index (χ4v) is 3.29. The van der Waals surface area contributed by atoms with Crippen LogP contribution in [0.25, 0.3) is 10.9 Å². The summed E-state index contributed by atoms with van der Waals surface area (Å²) in [6.07, 6.45) is 4.46. The van der Waals surface area contributed by atoms with Crippen molar-refractivity contribution in [3.05, 3.63) is 41.6 Å². The second-order valence-corrected chi connectivity index (χ2v) is 6.27. The van der Waals surface area contributed by atoms with E-state index in [1.165, 1.54) is 16.5 Å². The lowest BCUT2D eigenvalue weighted by Gasteiger charge is -2.32. The van der Waals surface area contributed by atoms with E-state index < -0.39 is 0 Å². The number of hydrogen-bond donors (Lipinski definition) is 0. The molecule has 0 atom stereocenters.